The first-order valence-electron chi connectivity index (χ1n) is 13.7. The molecule has 0 saturated heterocycles. The lowest BCUT2D eigenvalue weighted by Crippen LogP contribution is -2.43. The Bertz CT molecular complexity index is 532. The molecule has 1 atom stereocenters. The van der Waals surface area contributed by atoms with Gasteiger partial charge >= 0.3 is 0 Å². The predicted octanol–water partition coefficient (Wildman–Crippen LogP) is 9.56. The normalized spacial score (nSPS) is 13.3. The Hall–Kier alpha value is -1.08. The standard InChI is InChI=1S/C30H54N/c1-5-8-9-10-11-12-13-14-15-16-17-18-19-20-21-22-27-31(4,7-3)28-30-25-23-29(6-2)24-26-30/h6,23-26H,2,5,7-22,27-28H2,1,3-4H3/q+1. The second-order valence-electron chi connectivity index (χ2n) is 10.1. The van der Waals surface area contributed by atoms with Crippen molar-refractivity contribution >= 4 is 6.08 Å². The summed E-state index contributed by atoms with van der Waals surface area (Å²) in [6.45, 7) is 12.2. The third kappa shape index (κ3) is 14.6. The van der Waals surface area contributed by atoms with Crippen LogP contribution in [0.5, 0.6) is 0 Å². The Labute approximate surface area is 195 Å². The van der Waals surface area contributed by atoms with Crippen molar-refractivity contribution in [1.82, 2.24) is 0 Å². The highest BCUT2D eigenvalue weighted by Crippen LogP contribution is 2.17. The zero-order chi connectivity index (χ0) is 22.6. The predicted molar refractivity (Wildman–Crippen MR) is 141 cm³/mol. The van der Waals surface area contributed by atoms with E-state index in [9.17, 15) is 0 Å². The van der Waals surface area contributed by atoms with Gasteiger partial charge in [-0.3, -0.25) is 0 Å². The Morgan fingerprint density at radius 1 is 0.645 bits per heavy atom. The average Bonchev–Trinajstić information content (AvgIpc) is 2.79. The van der Waals surface area contributed by atoms with Crippen molar-refractivity contribution < 1.29 is 4.48 Å². The molecular weight excluding hydrogens is 374 g/mol. The van der Waals surface area contributed by atoms with Crippen molar-refractivity contribution in [3.63, 3.8) is 0 Å². The topological polar surface area (TPSA) is 0 Å². The summed E-state index contributed by atoms with van der Waals surface area (Å²) in [4.78, 5) is 0. The zero-order valence-electron chi connectivity index (χ0n) is 21.5. The Kier molecular flexibility index (Phi) is 16.7. The first-order valence-corrected chi connectivity index (χ1v) is 13.7. The van der Waals surface area contributed by atoms with Crippen LogP contribution < -0.4 is 0 Å². The first kappa shape index (κ1) is 28.0. The van der Waals surface area contributed by atoms with E-state index in [0.29, 0.717) is 0 Å². The summed E-state index contributed by atoms with van der Waals surface area (Å²) in [5.41, 5.74) is 2.67. The van der Waals surface area contributed by atoms with Crippen molar-refractivity contribution in [2.24, 2.45) is 0 Å². The van der Waals surface area contributed by atoms with Crippen LogP contribution in [-0.2, 0) is 6.54 Å². The Balaban J connectivity index is 1.96. The molecule has 1 heteroatoms. The molecule has 0 N–H and O–H groups in total. The Morgan fingerprint density at radius 3 is 1.45 bits per heavy atom. The molecule has 1 unspecified atom stereocenters. The lowest BCUT2D eigenvalue weighted by Gasteiger charge is -2.33. The summed E-state index contributed by atoms with van der Waals surface area (Å²) in [6, 6.07) is 8.93. The van der Waals surface area contributed by atoms with Gasteiger partial charge in [0.15, 0.2) is 0 Å². The molecule has 0 aliphatic rings. The van der Waals surface area contributed by atoms with Gasteiger partial charge in [0.1, 0.15) is 6.54 Å². The molecular formula is C30H54N+. The quantitative estimate of drug-likeness (QED) is 0.135. The number of unbranched alkanes of at least 4 members (excludes halogenated alkanes) is 15. The molecule has 0 bridgehead atoms. The summed E-state index contributed by atoms with van der Waals surface area (Å²) < 4.78 is 1.16. The van der Waals surface area contributed by atoms with Gasteiger partial charge in [-0.05, 0) is 25.3 Å². The largest absolute Gasteiger partial charge is 0.323 e. The molecule has 0 amide bonds. The molecule has 0 aliphatic heterocycles. The highest BCUT2D eigenvalue weighted by atomic mass is 15.3. The van der Waals surface area contributed by atoms with Gasteiger partial charge in [0.25, 0.3) is 0 Å². The minimum absolute atomic E-state index is 1.15. The molecule has 1 aromatic carbocycles. The first-order chi connectivity index (χ1) is 15.1. The second kappa shape index (κ2) is 18.5. The van der Waals surface area contributed by atoms with Gasteiger partial charge in [-0.1, -0.05) is 134 Å². The van der Waals surface area contributed by atoms with Crippen molar-refractivity contribution in [3.05, 3.63) is 42.0 Å². The molecule has 1 aromatic rings. The van der Waals surface area contributed by atoms with Crippen LogP contribution in [-0.4, -0.2) is 24.6 Å². The summed E-state index contributed by atoms with van der Waals surface area (Å²) >= 11 is 0. The highest BCUT2D eigenvalue weighted by molar-refractivity contribution is 5.47. The van der Waals surface area contributed by atoms with Gasteiger partial charge in [-0.25, -0.2) is 0 Å². The number of nitrogens with zero attached hydrogens (tertiary/aromatic N) is 1. The molecule has 0 aliphatic carbocycles. The number of quaternary nitrogens is 1. The maximum absolute atomic E-state index is 3.85. The molecule has 0 spiro atoms. The van der Waals surface area contributed by atoms with Gasteiger partial charge in [0, 0.05) is 5.56 Å². The summed E-state index contributed by atoms with van der Waals surface area (Å²) in [5.74, 6) is 0. The number of hydrogen-bond donors (Lipinski definition) is 0. The summed E-state index contributed by atoms with van der Waals surface area (Å²) in [6.07, 6.45) is 25.0. The fourth-order valence-corrected chi connectivity index (χ4v) is 4.59. The third-order valence-corrected chi connectivity index (χ3v) is 7.09. The number of hydrogen-bond acceptors (Lipinski definition) is 0. The summed E-state index contributed by atoms with van der Waals surface area (Å²) in [5, 5.41) is 0. The van der Waals surface area contributed by atoms with E-state index in [1.165, 1.54) is 127 Å². The fourth-order valence-electron chi connectivity index (χ4n) is 4.59. The molecule has 0 saturated carbocycles. The van der Waals surface area contributed by atoms with Crippen LogP contribution >= 0.6 is 0 Å². The van der Waals surface area contributed by atoms with E-state index in [0.717, 1.165) is 11.0 Å². The van der Waals surface area contributed by atoms with Crippen LogP contribution in [0.1, 0.15) is 128 Å². The minimum Gasteiger partial charge on any atom is -0.323 e. The number of benzene rings is 1. The monoisotopic (exact) mass is 428 g/mol. The van der Waals surface area contributed by atoms with E-state index in [4.69, 9.17) is 0 Å². The van der Waals surface area contributed by atoms with E-state index < -0.39 is 0 Å². The van der Waals surface area contributed by atoms with Crippen molar-refractivity contribution in [2.45, 2.75) is 123 Å². The molecule has 178 valence electrons. The lowest BCUT2D eigenvalue weighted by atomic mass is 10.0. The molecule has 0 radical (unpaired) electrons. The van der Waals surface area contributed by atoms with Crippen molar-refractivity contribution in [3.8, 4) is 0 Å². The van der Waals surface area contributed by atoms with Crippen LogP contribution in [0.15, 0.2) is 30.8 Å². The molecule has 0 aromatic heterocycles. The van der Waals surface area contributed by atoms with Crippen LogP contribution in [0, 0.1) is 0 Å². The van der Waals surface area contributed by atoms with E-state index >= 15 is 0 Å². The van der Waals surface area contributed by atoms with Crippen LogP contribution in [0.3, 0.4) is 0 Å². The smallest absolute Gasteiger partial charge is 0.104 e. The molecule has 0 heterocycles. The van der Waals surface area contributed by atoms with Gasteiger partial charge < -0.3 is 4.48 Å². The van der Waals surface area contributed by atoms with Crippen molar-refractivity contribution in [2.75, 3.05) is 20.1 Å². The third-order valence-electron chi connectivity index (χ3n) is 7.09. The lowest BCUT2D eigenvalue weighted by molar-refractivity contribution is -0.921. The molecule has 0 fully saturated rings. The van der Waals surface area contributed by atoms with Gasteiger partial charge in [0.05, 0.1) is 20.1 Å². The second-order valence-corrected chi connectivity index (χ2v) is 10.1. The zero-order valence-corrected chi connectivity index (χ0v) is 21.5. The molecule has 1 nitrogen and oxygen atoms in total. The molecule has 1 rings (SSSR count). The average molecular weight is 429 g/mol. The van der Waals surface area contributed by atoms with Crippen molar-refractivity contribution in [1.29, 1.82) is 0 Å². The Morgan fingerprint density at radius 2 is 1.06 bits per heavy atom. The van der Waals surface area contributed by atoms with Crippen LogP contribution in [0.4, 0.5) is 0 Å². The van der Waals surface area contributed by atoms with Gasteiger partial charge in [-0.15, -0.1) is 0 Å². The minimum atomic E-state index is 1.15. The van der Waals surface area contributed by atoms with Crippen LogP contribution in [0.25, 0.3) is 6.08 Å². The summed E-state index contributed by atoms with van der Waals surface area (Å²) in [7, 11) is 2.42. The van der Waals surface area contributed by atoms with E-state index in [1.807, 2.05) is 6.08 Å². The maximum atomic E-state index is 3.85. The van der Waals surface area contributed by atoms with E-state index in [1.54, 1.807) is 0 Å². The van der Waals surface area contributed by atoms with Gasteiger partial charge in [-0.2, -0.15) is 0 Å². The maximum Gasteiger partial charge on any atom is 0.104 e. The highest BCUT2D eigenvalue weighted by Gasteiger charge is 2.19. The molecule has 31 heavy (non-hydrogen) atoms. The van der Waals surface area contributed by atoms with E-state index in [-0.39, 0.29) is 0 Å². The number of rotatable bonds is 21. The van der Waals surface area contributed by atoms with Gasteiger partial charge in [0.2, 0.25) is 0 Å². The SMILES string of the molecule is C=Cc1ccc(C[N+](C)(CC)CCCCCCCCCCCCCCCCCC)cc1. The van der Waals surface area contributed by atoms with E-state index in [2.05, 4.69) is 51.7 Å². The fraction of sp³-hybridized carbons (Fsp3) is 0.733. The van der Waals surface area contributed by atoms with Crippen LogP contribution in [0.2, 0.25) is 0 Å².